The molecular weight excluding hydrogens is 462 g/mol. The van der Waals surface area contributed by atoms with Gasteiger partial charge in [0.25, 0.3) is 0 Å². The summed E-state index contributed by atoms with van der Waals surface area (Å²) in [5.74, 6) is -2.72. The molecule has 3 amide bonds. The first-order valence-electron chi connectivity index (χ1n) is 10.7. The molecular formula is C22H31N5O6S. The number of nitrogens with two attached hydrogens (primary N) is 1. The lowest BCUT2D eigenvalue weighted by Gasteiger charge is -2.24. The Morgan fingerprint density at radius 1 is 1.03 bits per heavy atom. The Kier molecular flexibility index (Phi) is 10.4. The molecule has 0 saturated heterocycles. The Morgan fingerprint density at radius 2 is 1.65 bits per heavy atom. The van der Waals surface area contributed by atoms with E-state index in [1.165, 1.54) is 18.7 Å². The Morgan fingerprint density at radius 3 is 2.26 bits per heavy atom. The highest BCUT2D eigenvalue weighted by Gasteiger charge is 2.30. The summed E-state index contributed by atoms with van der Waals surface area (Å²) >= 11 is 1.49. The highest BCUT2D eigenvalue weighted by molar-refractivity contribution is 7.98. The zero-order valence-corrected chi connectivity index (χ0v) is 19.9. The van der Waals surface area contributed by atoms with Crippen LogP contribution in [0.5, 0.6) is 0 Å². The van der Waals surface area contributed by atoms with Crippen molar-refractivity contribution < 1.29 is 29.4 Å². The number of benzene rings is 1. The van der Waals surface area contributed by atoms with Gasteiger partial charge in [0.15, 0.2) is 0 Å². The molecule has 0 aliphatic rings. The molecule has 0 spiro atoms. The van der Waals surface area contributed by atoms with Gasteiger partial charge in [-0.15, -0.1) is 0 Å². The van der Waals surface area contributed by atoms with E-state index in [0.717, 1.165) is 16.5 Å². The Balaban J connectivity index is 2.29. The summed E-state index contributed by atoms with van der Waals surface area (Å²) in [4.78, 5) is 52.5. The Hall–Kier alpha value is -3.09. The first-order valence-corrected chi connectivity index (χ1v) is 12.1. The molecule has 1 aromatic heterocycles. The van der Waals surface area contributed by atoms with Crippen LogP contribution in [0.15, 0.2) is 30.5 Å². The van der Waals surface area contributed by atoms with Gasteiger partial charge >= 0.3 is 5.97 Å². The van der Waals surface area contributed by atoms with Crippen molar-refractivity contribution in [3.05, 3.63) is 36.0 Å². The fraction of sp³-hybridized carbons (Fsp3) is 0.455. The molecule has 11 nitrogen and oxygen atoms in total. The van der Waals surface area contributed by atoms with Crippen molar-refractivity contribution >= 4 is 46.4 Å². The fourth-order valence-corrected chi connectivity index (χ4v) is 3.74. The van der Waals surface area contributed by atoms with Crippen molar-refractivity contribution in [2.45, 2.75) is 43.9 Å². The summed E-state index contributed by atoms with van der Waals surface area (Å²) in [7, 11) is 0. The number of aromatic amines is 1. The van der Waals surface area contributed by atoms with Gasteiger partial charge in [0.2, 0.25) is 17.7 Å². The summed E-state index contributed by atoms with van der Waals surface area (Å²) in [5.41, 5.74) is 7.17. The molecule has 34 heavy (non-hydrogen) atoms. The third kappa shape index (κ3) is 7.47. The molecule has 2 rings (SSSR count). The number of hydrogen-bond acceptors (Lipinski definition) is 7. The second-order valence-corrected chi connectivity index (χ2v) is 8.82. The summed E-state index contributed by atoms with van der Waals surface area (Å²) in [5, 5.41) is 26.8. The van der Waals surface area contributed by atoms with Gasteiger partial charge in [-0.05, 0) is 37.0 Å². The number of aromatic nitrogens is 1. The number of fused-ring (bicyclic) bond motifs is 1. The number of aliphatic carboxylic acids is 1. The van der Waals surface area contributed by atoms with Gasteiger partial charge in [0, 0.05) is 23.5 Å². The molecule has 12 heteroatoms. The lowest BCUT2D eigenvalue weighted by molar-refractivity contribution is -0.143. The fourth-order valence-electron chi connectivity index (χ4n) is 3.27. The van der Waals surface area contributed by atoms with Gasteiger partial charge in [-0.3, -0.25) is 14.4 Å². The highest BCUT2D eigenvalue weighted by Crippen LogP contribution is 2.19. The average molecular weight is 494 g/mol. The van der Waals surface area contributed by atoms with E-state index in [1.807, 2.05) is 30.5 Å². The number of carboxylic acid groups (broad SMARTS) is 1. The predicted molar refractivity (Wildman–Crippen MR) is 129 cm³/mol. The monoisotopic (exact) mass is 493 g/mol. The van der Waals surface area contributed by atoms with E-state index in [0.29, 0.717) is 12.2 Å². The van der Waals surface area contributed by atoms with E-state index in [2.05, 4.69) is 20.9 Å². The molecule has 4 unspecified atom stereocenters. The third-order valence-electron chi connectivity index (χ3n) is 5.19. The number of thioether (sulfide) groups is 1. The van der Waals surface area contributed by atoms with Crippen molar-refractivity contribution in [3.63, 3.8) is 0 Å². The number of aliphatic hydroxyl groups is 1. The molecule has 8 N–H and O–H groups in total. The molecule has 0 aliphatic heterocycles. The van der Waals surface area contributed by atoms with E-state index in [1.54, 1.807) is 6.20 Å². The predicted octanol–water partition coefficient (Wildman–Crippen LogP) is -0.658. The lowest BCUT2D eigenvalue weighted by atomic mass is 10.0. The van der Waals surface area contributed by atoms with E-state index < -0.39 is 54.5 Å². The van der Waals surface area contributed by atoms with Gasteiger partial charge in [0.05, 0.1) is 12.6 Å². The van der Waals surface area contributed by atoms with E-state index >= 15 is 0 Å². The minimum atomic E-state index is -1.53. The SMILES string of the molecule is CSCCC(NC(=O)C(C)N)C(=O)NC(Cc1c[nH]c2ccccc12)C(=O)NC(CO)C(=O)O. The van der Waals surface area contributed by atoms with Crippen molar-refractivity contribution in [2.24, 2.45) is 5.73 Å². The molecule has 0 radical (unpaired) electrons. The maximum absolute atomic E-state index is 13.1. The molecule has 2 aromatic rings. The van der Waals surface area contributed by atoms with Crippen molar-refractivity contribution in [1.29, 1.82) is 0 Å². The number of H-pyrrole nitrogens is 1. The Bertz CT molecular complexity index is 1010. The lowest BCUT2D eigenvalue weighted by Crippen LogP contribution is -2.58. The van der Waals surface area contributed by atoms with Gasteiger partial charge in [-0.2, -0.15) is 11.8 Å². The van der Waals surface area contributed by atoms with Crippen LogP contribution >= 0.6 is 11.8 Å². The minimum Gasteiger partial charge on any atom is -0.480 e. The molecule has 0 fully saturated rings. The first-order chi connectivity index (χ1) is 16.2. The van der Waals surface area contributed by atoms with Gasteiger partial charge < -0.3 is 36.9 Å². The molecule has 186 valence electrons. The van der Waals surface area contributed by atoms with E-state index in [9.17, 15) is 29.4 Å². The number of rotatable bonds is 13. The third-order valence-corrected chi connectivity index (χ3v) is 5.83. The van der Waals surface area contributed by atoms with Crippen LogP contribution < -0.4 is 21.7 Å². The molecule has 0 bridgehead atoms. The van der Waals surface area contributed by atoms with Crippen LogP contribution in [0, 0.1) is 0 Å². The maximum Gasteiger partial charge on any atom is 0.328 e. The van der Waals surface area contributed by atoms with Crippen LogP contribution in [0.25, 0.3) is 10.9 Å². The van der Waals surface area contributed by atoms with Crippen LogP contribution in [0.4, 0.5) is 0 Å². The van der Waals surface area contributed by atoms with Gasteiger partial charge in [-0.1, -0.05) is 18.2 Å². The second kappa shape index (κ2) is 13.0. The summed E-state index contributed by atoms with van der Waals surface area (Å²) in [6.45, 7) is 0.683. The standard InChI is InChI=1S/C22H31N5O6S/c1-12(23)19(29)25-16(7-8-34-2)20(30)26-17(21(31)27-18(11-28)22(32)33)9-13-10-24-15-6-4-3-5-14(13)15/h3-6,10,12,16-18,24,28H,7-9,11,23H2,1-2H3,(H,25,29)(H,26,30)(H,27,31)(H,32,33). The van der Waals surface area contributed by atoms with Crippen LogP contribution in [0.1, 0.15) is 18.9 Å². The van der Waals surface area contributed by atoms with E-state index in [4.69, 9.17) is 5.73 Å². The topological polar surface area (TPSA) is 187 Å². The molecule has 0 saturated carbocycles. The molecule has 1 heterocycles. The summed E-state index contributed by atoms with van der Waals surface area (Å²) < 4.78 is 0. The Labute approximate surface area is 201 Å². The molecule has 4 atom stereocenters. The van der Waals surface area contributed by atoms with E-state index in [-0.39, 0.29) is 6.42 Å². The number of carboxylic acids is 1. The van der Waals surface area contributed by atoms with Crippen LogP contribution in [0.2, 0.25) is 0 Å². The zero-order valence-electron chi connectivity index (χ0n) is 19.0. The smallest absolute Gasteiger partial charge is 0.328 e. The van der Waals surface area contributed by atoms with Crippen LogP contribution in [-0.4, -0.2) is 81.7 Å². The molecule has 1 aromatic carbocycles. The van der Waals surface area contributed by atoms with Gasteiger partial charge in [0.1, 0.15) is 18.1 Å². The van der Waals surface area contributed by atoms with Crippen molar-refractivity contribution in [1.82, 2.24) is 20.9 Å². The number of para-hydroxylation sites is 1. The average Bonchev–Trinajstić information content (AvgIpc) is 3.21. The maximum atomic E-state index is 13.1. The second-order valence-electron chi connectivity index (χ2n) is 7.84. The van der Waals surface area contributed by atoms with Crippen molar-refractivity contribution in [2.75, 3.05) is 18.6 Å². The molecule has 0 aliphatic carbocycles. The largest absolute Gasteiger partial charge is 0.480 e. The number of aliphatic hydroxyl groups excluding tert-OH is 1. The number of carbonyl (C=O) groups excluding carboxylic acids is 3. The van der Waals surface area contributed by atoms with Crippen molar-refractivity contribution in [3.8, 4) is 0 Å². The summed E-state index contributed by atoms with van der Waals surface area (Å²) in [6, 6.07) is 2.96. The number of nitrogens with one attached hydrogen (secondary N) is 4. The normalized spacial score (nSPS) is 14.6. The number of amides is 3. The zero-order chi connectivity index (χ0) is 25.3. The minimum absolute atomic E-state index is 0.0514. The highest BCUT2D eigenvalue weighted by atomic mass is 32.2. The number of carbonyl (C=O) groups is 4. The first kappa shape index (κ1) is 27.2. The van der Waals surface area contributed by atoms with Crippen LogP contribution in [0.3, 0.4) is 0 Å². The van der Waals surface area contributed by atoms with Crippen LogP contribution in [-0.2, 0) is 25.6 Å². The summed E-state index contributed by atoms with van der Waals surface area (Å²) in [6.07, 6.45) is 3.93. The quantitative estimate of drug-likeness (QED) is 0.192. The van der Waals surface area contributed by atoms with Gasteiger partial charge in [-0.25, -0.2) is 4.79 Å². The number of hydrogen-bond donors (Lipinski definition) is 7.